The molecule has 2 rings (SSSR count). The first-order valence-electron chi connectivity index (χ1n) is 5.83. The normalized spacial score (nSPS) is 19.6. The molecule has 112 valence electrons. The molecule has 7 nitrogen and oxygen atoms in total. The van der Waals surface area contributed by atoms with Crippen LogP contribution in [0.3, 0.4) is 0 Å². The summed E-state index contributed by atoms with van der Waals surface area (Å²) < 4.78 is 25.9. The molecule has 0 aromatic heterocycles. The molecule has 2 N–H and O–H groups in total. The van der Waals surface area contributed by atoms with Gasteiger partial charge in [-0.25, -0.2) is 8.42 Å². The summed E-state index contributed by atoms with van der Waals surface area (Å²) in [4.78, 5) is 10.2. The van der Waals surface area contributed by atoms with E-state index < -0.39 is 14.9 Å². The van der Waals surface area contributed by atoms with Crippen LogP contribution in [0.25, 0.3) is 0 Å². The summed E-state index contributed by atoms with van der Waals surface area (Å²) >= 11 is 0. The van der Waals surface area contributed by atoms with Gasteiger partial charge in [-0.1, -0.05) is 6.07 Å². The van der Waals surface area contributed by atoms with Crippen molar-refractivity contribution in [1.29, 1.82) is 0 Å². The second-order valence-electron chi connectivity index (χ2n) is 4.62. The zero-order valence-electron chi connectivity index (χ0n) is 10.9. The number of nitro benzene ring substituents is 1. The summed E-state index contributed by atoms with van der Waals surface area (Å²) in [6.45, 7) is 2.18. The minimum atomic E-state index is -3.70. The van der Waals surface area contributed by atoms with Crippen LogP contribution in [0.2, 0.25) is 0 Å². The molecule has 0 bridgehead atoms. The minimum Gasteiger partial charge on any atom is -0.326 e. The molecular weight excluding hydrogens is 306 g/mol. The molecular formula is C11H16ClN3O4S. The van der Waals surface area contributed by atoms with Crippen molar-refractivity contribution in [2.75, 3.05) is 13.1 Å². The first kappa shape index (κ1) is 16.8. The number of nitro groups is 1. The van der Waals surface area contributed by atoms with Gasteiger partial charge in [0, 0.05) is 30.8 Å². The van der Waals surface area contributed by atoms with Crippen molar-refractivity contribution in [3.8, 4) is 0 Å². The number of hydrogen-bond donors (Lipinski definition) is 1. The van der Waals surface area contributed by atoms with Crippen molar-refractivity contribution < 1.29 is 13.3 Å². The topological polar surface area (TPSA) is 107 Å². The fraction of sp³-hybridized carbons (Fsp3) is 0.455. The van der Waals surface area contributed by atoms with Crippen LogP contribution < -0.4 is 5.73 Å². The fourth-order valence-corrected chi connectivity index (χ4v) is 3.60. The molecule has 0 radical (unpaired) electrons. The van der Waals surface area contributed by atoms with E-state index in [-0.39, 0.29) is 35.6 Å². The smallest absolute Gasteiger partial charge is 0.273 e. The molecule has 1 heterocycles. The Hall–Kier alpha value is -1.22. The van der Waals surface area contributed by atoms with Crippen LogP contribution in [0.5, 0.6) is 0 Å². The van der Waals surface area contributed by atoms with E-state index in [0.29, 0.717) is 18.5 Å². The zero-order chi connectivity index (χ0) is 14.2. The summed E-state index contributed by atoms with van der Waals surface area (Å²) in [6, 6.07) is 3.77. The lowest BCUT2D eigenvalue weighted by Crippen LogP contribution is -2.32. The number of sulfonamides is 1. The van der Waals surface area contributed by atoms with Crippen LogP contribution in [0.15, 0.2) is 23.1 Å². The minimum absolute atomic E-state index is 0. The molecule has 1 aromatic carbocycles. The highest BCUT2D eigenvalue weighted by atomic mass is 35.5. The van der Waals surface area contributed by atoms with Gasteiger partial charge in [0.25, 0.3) is 5.69 Å². The van der Waals surface area contributed by atoms with E-state index in [0.717, 1.165) is 6.07 Å². The monoisotopic (exact) mass is 321 g/mol. The van der Waals surface area contributed by atoms with E-state index in [9.17, 15) is 18.5 Å². The van der Waals surface area contributed by atoms with Crippen LogP contribution in [0, 0.1) is 17.0 Å². The molecule has 1 fully saturated rings. The van der Waals surface area contributed by atoms with Gasteiger partial charge in [0.2, 0.25) is 10.0 Å². The Balaban J connectivity index is 0.00000200. The Morgan fingerprint density at radius 3 is 2.60 bits per heavy atom. The Labute approximate surface area is 123 Å². The van der Waals surface area contributed by atoms with Crippen LogP contribution in [0.4, 0.5) is 5.69 Å². The van der Waals surface area contributed by atoms with Crippen molar-refractivity contribution in [3.63, 3.8) is 0 Å². The maximum absolute atomic E-state index is 12.3. The van der Waals surface area contributed by atoms with Gasteiger partial charge in [0.15, 0.2) is 0 Å². The van der Waals surface area contributed by atoms with Crippen molar-refractivity contribution in [2.24, 2.45) is 5.73 Å². The second-order valence-corrected chi connectivity index (χ2v) is 6.56. The average Bonchev–Trinajstić information content (AvgIpc) is 2.76. The summed E-state index contributed by atoms with van der Waals surface area (Å²) in [5.74, 6) is 0. The SMILES string of the molecule is Cc1ccc(S(=O)(=O)N2CC[C@H](N)C2)cc1[N+](=O)[O-].Cl. The van der Waals surface area contributed by atoms with Gasteiger partial charge >= 0.3 is 0 Å². The number of nitrogens with zero attached hydrogens (tertiary/aromatic N) is 2. The second kappa shape index (κ2) is 6.04. The van der Waals surface area contributed by atoms with E-state index in [2.05, 4.69) is 0 Å². The van der Waals surface area contributed by atoms with E-state index in [1.807, 2.05) is 0 Å². The van der Waals surface area contributed by atoms with Gasteiger partial charge in [0.1, 0.15) is 0 Å². The maximum atomic E-state index is 12.3. The molecule has 9 heteroatoms. The highest BCUT2D eigenvalue weighted by Gasteiger charge is 2.32. The molecule has 0 aliphatic carbocycles. The van der Waals surface area contributed by atoms with E-state index in [4.69, 9.17) is 5.73 Å². The molecule has 1 saturated heterocycles. The number of nitrogens with two attached hydrogens (primary N) is 1. The third-order valence-electron chi connectivity index (χ3n) is 3.20. The highest BCUT2D eigenvalue weighted by molar-refractivity contribution is 7.89. The van der Waals surface area contributed by atoms with Crippen molar-refractivity contribution in [1.82, 2.24) is 4.31 Å². The molecule has 1 aliphatic heterocycles. The van der Waals surface area contributed by atoms with Crippen LogP contribution in [-0.2, 0) is 10.0 Å². The molecule has 0 saturated carbocycles. The Morgan fingerprint density at radius 1 is 1.45 bits per heavy atom. The predicted octanol–water partition coefficient (Wildman–Crippen LogP) is 1.05. The number of halogens is 1. The van der Waals surface area contributed by atoms with Gasteiger partial charge < -0.3 is 5.73 Å². The predicted molar refractivity (Wildman–Crippen MR) is 76.4 cm³/mol. The van der Waals surface area contributed by atoms with Gasteiger partial charge in [-0.3, -0.25) is 10.1 Å². The summed E-state index contributed by atoms with van der Waals surface area (Å²) in [5.41, 5.74) is 5.93. The van der Waals surface area contributed by atoms with E-state index in [1.54, 1.807) is 6.92 Å². The summed E-state index contributed by atoms with van der Waals surface area (Å²) in [5, 5.41) is 10.9. The average molecular weight is 322 g/mol. The van der Waals surface area contributed by atoms with E-state index in [1.165, 1.54) is 16.4 Å². The summed E-state index contributed by atoms with van der Waals surface area (Å²) in [6.07, 6.45) is 0.604. The number of aryl methyl sites for hydroxylation is 1. The Morgan fingerprint density at radius 2 is 2.10 bits per heavy atom. The fourth-order valence-electron chi connectivity index (χ4n) is 2.07. The highest BCUT2D eigenvalue weighted by Crippen LogP contribution is 2.26. The van der Waals surface area contributed by atoms with Gasteiger partial charge in [0.05, 0.1) is 9.82 Å². The Kier molecular flexibility index (Phi) is 5.09. The molecule has 0 spiro atoms. The third kappa shape index (κ3) is 3.09. The molecule has 0 amide bonds. The number of benzene rings is 1. The maximum Gasteiger partial charge on any atom is 0.273 e. The van der Waals surface area contributed by atoms with E-state index >= 15 is 0 Å². The third-order valence-corrected chi connectivity index (χ3v) is 5.06. The summed E-state index contributed by atoms with van der Waals surface area (Å²) in [7, 11) is -3.70. The van der Waals surface area contributed by atoms with Crippen molar-refractivity contribution >= 4 is 28.1 Å². The zero-order valence-corrected chi connectivity index (χ0v) is 12.5. The Bertz CT molecular complexity index is 620. The molecule has 1 aliphatic rings. The van der Waals surface area contributed by atoms with Gasteiger partial charge in [-0.15, -0.1) is 12.4 Å². The molecule has 1 atom stereocenters. The lowest BCUT2D eigenvalue weighted by Gasteiger charge is -2.15. The first-order chi connectivity index (χ1) is 8.82. The lowest BCUT2D eigenvalue weighted by atomic mass is 10.2. The molecule has 1 aromatic rings. The molecule has 20 heavy (non-hydrogen) atoms. The van der Waals surface area contributed by atoms with Gasteiger partial charge in [-0.05, 0) is 19.4 Å². The lowest BCUT2D eigenvalue weighted by molar-refractivity contribution is -0.385. The van der Waals surface area contributed by atoms with Gasteiger partial charge in [-0.2, -0.15) is 4.31 Å². The van der Waals surface area contributed by atoms with Crippen LogP contribution in [-0.4, -0.2) is 36.8 Å². The number of rotatable bonds is 3. The molecule has 0 unspecified atom stereocenters. The standard InChI is InChI=1S/C11H15N3O4S.ClH/c1-8-2-3-10(6-11(8)14(15)16)19(17,18)13-5-4-9(12)7-13;/h2-3,6,9H,4-5,7,12H2,1H3;1H/t9-;/m0./s1. The first-order valence-corrected chi connectivity index (χ1v) is 7.27. The largest absolute Gasteiger partial charge is 0.326 e. The van der Waals surface area contributed by atoms with Crippen LogP contribution in [0.1, 0.15) is 12.0 Å². The number of hydrogen-bond acceptors (Lipinski definition) is 5. The quantitative estimate of drug-likeness (QED) is 0.661. The van der Waals surface area contributed by atoms with Crippen molar-refractivity contribution in [3.05, 3.63) is 33.9 Å². The van der Waals surface area contributed by atoms with Crippen molar-refractivity contribution in [2.45, 2.75) is 24.3 Å². The van der Waals surface area contributed by atoms with Crippen LogP contribution >= 0.6 is 12.4 Å².